The van der Waals surface area contributed by atoms with E-state index in [0.717, 1.165) is 16.6 Å². The Bertz CT molecular complexity index is 583. The van der Waals surface area contributed by atoms with Gasteiger partial charge in [-0.05, 0) is 38.7 Å². The predicted molar refractivity (Wildman–Crippen MR) is 93.7 cm³/mol. The summed E-state index contributed by atoms with van der Waals surface area (Å²) in [6.07, 6.45) is 3.39. The molecule has 0 amide bonds. The summed E-state index contributed by atoms with van der Waals surface area (Å²) in [7, 11) is -0.429. The minimum Gasteiger partial charge on any atom is -0.411 e. The third-order valence-electron chi connectivity index (χ3n) is 4.27. The Morgan fingerprint density at radius 1 is 1.18 bits per heavy atom. The van der Waals surface area contributed by atoms with Gasteiger partial charge >= 0.3 is 7.12 Å². The lowest BCUT2D eigenvalue weighted by molar-refractivity contribution is 0.00578. The molecular weight excluding hydrogens is 297 g/mol. The van der Waals surface area contributed by atoms with E-state index in [1.54, 1.807) is 0 Å². The van der Waals surface area contributed by atoms with E-state index >= 15 is 0 Å². The lowest BCUT2D eigenvalue weighted by Gasteiger charge is -2.32. The van der Waals surface area contributed by atoms with Gasteiger partial charge in [-0.25, -0.2) is 0 Å². The molecule has 1 N–H and O–H groups in total. The van der Waals surface area contributed by atoms with Crippen molar-refractivity contribution >= 4 is 32.0 Å². The highest BCUT2D eigenvalue weighted by Crippen LogP contribution is 2.39. The van der Waals surface area contributed by atoms with Crippen molar-refractivity contribution in [1.29, 1.82) is 0 Å². The van der Waals surface area contributed by atoms with Crippen LogP contribution in [0.3, 0.4) is 0 Å². The van der Waals surface area contributed by atoms with E-state index in [-0.39, 0.29) is 11.2 Å². The van der Waals surface area contributed by atoms with Crippen LogP contribution in [0.2, 0.25) is 0 Å². The second kappa shape index (κ2) is 6.48. The maximum absolute atomic E-state index is 8.77. The quantitative estimate of drug-likeness (QED) is 0.294. The second-order valence-electron chi connectivity index (χ2n) is 6.34. The molecule has 1 saturated heterocycles. The Morgan fingerprint density at radius 3 is 2.23 bits per heavy atom. The molecule has 1 aliphatic heterocycles. The van der Waals surface area contributed by atoms with Crippen LogP contribution in [-0.4, -0.2) is 35.5 Å². The van der Waals surface area contributed by atoms with E-state index in [1.165, 1.54) is 6.21 Å². The summed E-state index contributed by atoms with van der Waals surface area (Å²) in [5.41, 5.74) is 1.91. The molecule has 0 unspecified atom stereocenters. The molecule has 0 saturated carbocycles. The molecule has 4 nitrogen and oxygen atoms in total. The Balaban J connectivity index is 2.34. The van der Waals surface area contributed by atoms with Crippen molar-refractivity contribution in [3.05, 3.63) is 40.9 Å². The molecule has 1 aromatic rings. The normalized spacial score (nSPS) is 20.8. The molecule has 118 valence electrons. The van der Waals surface area contributed by atoms with Crippen molar-refractivity contribution in [3.63, 3.8) is 0 Å². The zero-order chi connectivity index (χ0) is 16.4. The van der Waals surface area contributed by atoms with Gasteiger partial charge in [0, 0.05) is 11.3 Å². The van der Waals surface area contributed by atoms with Gasteiger partial charge in [-0.1, -0.05) is 35.5 Å². The highest BCUT2D eigenvalue weighted by atomic mass is 32.1. The van der Waals surface area contributed by atoms with E-state index in [9.17, 15) is 0 Å². The third kappa shape index (κ3) is 3.40. The molecule has 0 aromatic heterocycles. The molecule has 1 aromatic carbocycles. The van der Waals surface area contributed by atoms with Crippen LogP contribution in [-0.2, 0) is 9.31 Å². The Kier molecular flexibility index (Phi) is 5.05. The number of hydrogen-bond donors (Lipinski definition) is 2. The van der Waals surface area contributed by atoms with E-state index in [1.807, 2.05) is 58.0 Å². The third-order valence-corrected chi connectivity index (χ3v) is 4.64. The number of benzene rings is 1. The molecule has 1 fully saturated rings. The summed E-state index contributed by atoms with van der Waals surface area (Å²) < 4.78 is 12.1. The van der Waals surface area contributed by atoms with Crippen LogP contribution in [0.4, 0.5) is 0 Å². The fourth-order valence-corrected chi connectivity index (χ4v) is 2.44. The van der Waals surface area contributed by atoms with Gasteiger partial charge in [-0.3, -0.25) is 0 Å². The van der Waals surface area contributed by atoms with Crippen molar-refractivity contribution in [2.24, 2.45) is 5.16 Å². The highest BCUT2D eigenvalue weighted by Gasteiger charge is 2.52. The zero-order valence-electron chi connectivity index (χ0n) is 13.4. The maximum Gasteiger partial charge on any atom is 0.491 e. The fourth-order valence-electron chi connectivity index (χ4n) is 2.20. The largest absolute Gasteiger partial charge is 0.491 e. The van der Waals surface area contributed by atoms with E-state index in [4.69, 9.17) is 14.5 Å². The summed E-state index contributed by atoms with van der Waals surface area (Å²) in [5.74, 6) is 0.515. The van der Waals surface area contributed by atoms with Crippen molar-refractivity contribution in [2.75, 3.05) is 5.75 Å². The predicted octanol–water partition coefficient (Wildman–Crippen LogP) is 3.44. The second-order valence-corrected chi connectivity index (χ2v) is 6.66. The van der Waals surface area contributed by atoms with E-state index in [2.05, 4.69) is 17.8 Å². The molecule has 0 atom stereocenters. The molecule has 22 heavy (non-hydrogen) atoms. The van der Waals surface area contributed by atoms with Gasteiger partial charge < -0.3 is 14.5 Å². The van der Waals surface area contributed by atoms with Crippen LogP contribution in [0.5, 0.6) is 0 Å². The zero-order valence-corrected chi connectivity index (χ0v) is 14.3. The molecule has 1 aliphatic rings. The van der Waals surface area contributed by atoms with Crippen molar-refractivity contribution < 1.29 is 14.5 Å². The molecule has 0 aliphatic carbocycles. The van der Waals surface area contributed by atoms with Gasteiger partial charge in [0.2, 0.25) is 0 Å². The lowest BCUT2D eigenvalue weighted by atomic mass is 9.78. The number of nitrogens with zero attached hydrogens (tertiary/aromatic N) is 1. The first-order valence-electron chi connectivity index (χ1n) is 7.24. The van der Waals surface area contributed by atoms with Crippen LogP contribution in [0.15, 0.2) is 34.9 Å². The molecule has 0 spiro atoms. The van der Waals surface area contributed by atoms with Crippen LogP contribution < -0.4 is 0 Å². The smallest absolute Gasteiger partial charge is 0.411 e. The molecule has 2 rings (SSSR count). The summed E-state index contributed by atoms with van der Waals surface area (Å²) >= 11 is 4.41. The monoisotopic (exact) mass is 319 g/mol. The van der Waals surface area contributed by atoms with Crippen LogP contribution in [0, 0.1) is 0 Å². The average molecular weight is 319 g/mol. The number of thiol groups is 1. The summed E-state index contributed by atoms with van der Waals surface area (Å²) in [6.45, 7) is 8.09. The topological polar surface area (TPSA) is 51.0 Å². The number of hydrogen-bond acceptors (Lipinski definition) is 5. The molecule has 0 radical (unpaired) electrons. The van der Waals surface area contributed by atoms with Gasteiger partial charge in [0.1, 0.15) is 0 Å². The Morgan fingerprint density at radius 2 is 1.73 bits per heavy atom. The fraction of sp³-hybridized carbons (Fsp3) is 0.438. The van der Waals surface area contributed by atoms with Crippen molar-refractivity contribution in [1.82, 2.24) is 0 Å². The number of oxime groups is 1. The number of rotatable bonds is 4. The maximum atomic E-state index is 8.77. The first-order valence-corrected chi connectivity index (χ1v) is 7.87. The minimum absolute atomic E-state index is 0.383. The first kappa shape index (κ1) is 17.1. The van der Waals surface area contributed by atoms with Crippen molar-refractivity contribution in [2.45, 2.75) is 38.9 Å². The Labute approximate surface area is 137 Å². The molecular formula is C16H22BNO3S. The van der Waals surface area contributed by atoms with Gasteiger partial charge in [-0.2, -0.15) is 12.6 Å². The van der Waals surface area contributed by atoms with Gasteiger partial charge in [0.05, 0.1) is 17.4 Å². The summed E-state index contributed by atoms with van der Waals surface area (Å²) in [6, 6.07) is 7.65. The van der Waals surface area contributed by atoms with E-state index in [0.29, 0.717) is 5.75 Å². The summed E-state index contributed by atoms with van der Waals surface area (Å²) in [5, 5.41) is 11.9. The highest BCUT2D eigenvalue weighted by molar-refractivity contribution is 7.80. The average Bonchev–Trinajstić information content (AvgIpc) is 2.66. The Hall–Kier alpha value is -1.24. The lowest BCUT2D eigenvalue weighted by Crippen LogP contribution is -2.41. The first-order chi connectivity index (χ1) is 10.3. The minimum atomic E-state index is -0.429. The van der Waals surface area contributed by atoms with E-state index < -0.39 is 7.12 Å². The van der Waals surface area contributed by atoms with Crippen LogP contribution in [0.1, 0.15) is 38.8 Å². The van der Waals surface area contributed by atoms with Crippen LogP contribution in [0.25, 0.3) is 6.08 Å². The molecule has 0 bridgehead atoms. The molecule has 6 heteroatoms. The van der Waals surface area contributed by atoms with Gasteiger partial charge in [0.15, 0.2) is 0 Å². The standard InChI is InChI=1S/C16H22BNO3S/c1-15(2)16(3,4)21-17(20-15)14(11-22)9-12-7-5-6-8-13(12)10-18-19/h5-10,19,22H,11H2,1-4H3. The van der Waals surface area contributed by atoms with Crippen molar-refractivity contribution in [3.8, 4) is 0 Å². The SMILES string of the molecule is CC1(C)OB(C(=Cc2ccccc2C=NO)CS)OC1(C)C. The van der Waals surface area contributed by atoms with Gasteiger partial charge in [0.25, 0.3) is 0 Å². The van der Waals surface area contributed by atoms with Gasteiger partial charge in [-0.15, -0.1) is 0 Å². The molecule has 1 heterocycles. The van der Waals surface area contributed by atoms with Crippen LogP contribution >= 0.6 is 12.6 Å². The summed E-state index contributed by atoms with van der Waals surface area (Å²) in [4.78, 5) is 0.